The lowest BCUT2D eigenvalue weighted by atomic mass is 9.96. The van der Waals surface area contributed by atoms with Crippen LogP contribution in [0.15, 0.2) is 54.7 Å². The lowest BCUT2D eigenvalue weighted by molar-refractivity contribution is 0.0350. The molecule has 5 rings (SSSR count). The maximum absolute atomic E-state index is 6.32. The number of aryl methyl sites for hydroxylation is 1. The zero-order valence-electron chi connectivity index (χ0n) is 19.6. The third-order valence-corrected chi connectivity index (χ3v) is 7.40. The maximum Gasteiger partial charge on any atom is 0.170 e. The van der Waals surface area contributed by atoms with Crippen LogP contribution in [0.3, 0.4) is 0 Å². The van der Waals surface area contributed by atoms with Gasteiger partial charge in [-0.1, -0.05) is 23.7 Å². The van der Waals surface area contributed by atoms with Gasteiger partial charge in [0.1, 0.15) is 0 Å². The van der Waals surface area contributed by atoms with Crippen molar-refractivity contribution in [2.45, 2.75) is 25.9 Å². The molecule has 0 unspecified atom stereocenters. The van der Waals surface area contributed by atoms with Crippen molar-refractivity contribution in [3.8, 4) is 5.69 Å². The van der Waals surface area contributed by atoms with E-state index >= 15 is 0 Å². The van der Waals surface area contributed by atoms with Gasteiger partial charge in [-0.05, 0) is 68.0 Å². The van der Waals surface area contributed by atoms with Gasteiger partial charge in [-0.2, -0.15) is 0 Å². The van der Waals surface area contributed by atoms with Crippen LogP contribution < -0.4 is 5.32 Å². The Balaban J connectivity index is 1.52. The fraction of sp³-hybridized carbons (Fsp3) is 0.385. The van der Waals surface area contributed by atoms with Gasteiger partial charge in [0.2, 0.25) is 0 Å². The normalized spacial score (nSPS) is 21.1. The third kappa shape index (κ3) is 4.58. The maximum atomic E-state index is 6.32. The average molecular weight is 496 g/mol. The number of rotatable bonds is 6. The Morgan fingerprint density at radius 2 is 1.91 bits per heavy atom. The van der Waals surface area contributed by atoms with Crippen LogP contribution in [-0.2, 0) is 4.74 Å². The minimum atomic E-state index is -0.0216. The number of hydrogen-bond acceptors (Lipinski definition) is 4. The fourth-order valence-electron chi connectivity index (χ4n) is 5.16. The molecule has 0 spiro atoms. The summed E-state index contributed by atoms with van der Waals surface area (Å²) in [5, 5.41) is 5.09. The molecule has 3 aromatic rings. The van der Waals surface area contributed by atoms with Gasteiger partial charge in [0.25, 0.3) is 0 Å². The summed E-state index contributed by atoms with van der Waals surface area (Å²) in [6.07, 6.45) is 1.85. The second kappa shape index (κ2) is 10.0. The highest BCUT2D eigenvalue weighted by molar-refractivity contribution is 7.80. The Hall–Kier alpha value is -2.45. The standard InChI is InChI=1S/C26H30ClN5OS/c1-18-16-22(19(2)32(18)21-7-5-6-20(27)17-21)25-24(23-8-3-4-9-28-23)29-26(34)31(25)11-10-30-12-14-33-15-13-30/h3-9,16-17,24-25H,10-15H2,1-2H3,(H,29,34)/t24-,25-/m1/s1. The number of nitrogens with one attached hydrogen (secondary N) is 1. The quantitative estimate of drug-likeness (QED) is 0.510. The molecule has 2 saturated heterocycles. The van der Waals surface area contributed by atoms with Crippen LogP contribution in [0.5, 0.6) is 0 Å². The van der Waals surface area contributed by atoms with Crippen molar-refractivity contribution in [2.75, 3.05) is 39.4 Å². The zero-order valence-corrected chi connectivity index (χ0v) is 21.1. The largest absolute Gasteiger partial charge is 0.379 e. The summed E-state index contributed by atoms with van der Waals surface area (Å²) in [5.41, 5.74) is 5.67. The molecular formula is C26H30ClN5OS. The number of benzene rings is 1. The van der Waals surface area contributed by atoms with Gasteiger partial charge in [-0.25, -0.2) is 0 Å². The summed E-state index contributed by atoms with van der Waals surface area (Å²) < 4.78 is 7.80. The summed E-state index contributed by atoms with van der Waals surface area (Å²) >= 11 is 12.2. The number of pyridine rings is 1. The van der Waals surface area contributed by atoms with Crippen molar-refractivity contribution in [2.24, 2.45) is 0 Å². The second-order valence-corrected chi connectivity index (χ2v) is 9.74. The van der Waals surface area contributed by atoms with E-state index in [2.05, 4.69) is 56.7 Å². The molecule has 4 heterocycles. The van der Waals surface area contributed by atoms with Crippen molar-refractivity contribution in [3.63, 3.8) is 0 Å². The molecule has 6 nitrogen and oxygen atoms in total. The molecule has 0 amide bonds. The second-order valence-electron chi connectivity index (χ2n) is 8.92. The molecule has 2 aliphatic rings. The SMILES string of the molecule is Cc1cc([C@@H]2[C@@H](c3ccccn3)NC(=S)N2CCN2CCOCC2)c(C)n1-c1cccc(Cl)c1. The first-order valence-corrected chi connectivity index (χ1v) is 12.5. The molecule has 2 aromatic heterocycles. The molecule has 2 fully saturated rings. The molecule has 2 aliphatic heterocycles. The number of hydrogen-bond donors (Lipinski definition) is 1. The van der Waals surface area contributed by atoms with Crippen LogP contribution in [0.4, 0.5) is 0 Å². The van der Waals surface area contributed by atoms with E-state index in [0.717, 1.165) is 60.9 Å². The van der Waals surface area contributed by atoms with Gasteiger partial charge < -0.3 is 19.5 Å². The first-order valence-electron chi connectivity index (χ1n) is 11.8. The summed E-state index contributed by atoms with van der Waals surface area (Å²) in [6, 6.07) is 16.4. The predicted octanol–water partition coefficient (Wildman–Crippen LogP) is 4.45. The Kier molecular flexibility index (Phi) is 6.88. The van der Waals surface area contributed by atoms with Crippen molar-refractivity contribution < 1.29 is 4.74 Å². The molecule has 1 N–H and O–H groups in total. The topological polar surface area (TPSA) is 45.6 Å². The first-order chi connectivity index (χ1) is 16.5. The first kappa shape index (κ1) is 23.3. The van der Waals surface area contributed by atoms with E-state index in [9.17, 15) is 0 Å². The van der Waals surface area contributed by atoms with Gasteiger partial charge in [0.05, 0.1) is 31.0 Å². The summed E-state index contributed by atoms with van der Waals surface area (Å²) in [6.45, 7) is 9.64. The molecule has 0 aliphatic carbocycles. The summed E-state index contributed by atoms with van der Waals surface area (Å²) in [5.74, 6) is 0. The number of halogens is 1. The van der Waals surface area contributed by atoms with E-state index in [0.29, 0.717) is 0 Å². The zero-order chi connectivity index (χ0) is 23.7. The number of thiocarbonyl (C=S) groups is 1. The van der Waals surface area contributed by atoms with Gasteiger partial charge in [0.15, 0.2) is 5.11 Å². The predicted molar refractivity (Wildman–Crippen MR) is 140 cm³/mol. The highest BCUT2D eigenvalue weighted by Crippen LogP contribution is 2.41. The van der Waals surface area contributed by atoms with E-state index in [1.54, 1.807) is 0 Å². The monoisotopic (exact) mass is 495 g/mol. The number of ether oxygens (including phenoxy) is 1. The molecule has 0 bridgehead atoms. The number of nitrogens with zero attached hydrogens (tertiary/aromatic N) is 4. The van der Waals surface area contributed by atoms with Crippen LogP contribution in [0.1, 0.15) is 34.7 Å². The van der Waals surface area contributed by atoms with Crippen LogP contribution in [0.25, 0.3) is 5.69 Å². The van der Waals surface area contributed by atoms with E-state index in [1.807, 2.05) is 36.5 Å². The Bertz CT molecular complexity index is 1160. The van der Waals surface area contributed by atoms with Crippen molar-refractivity contribution >= 4 is 28.9 Å². The number of aromatic nitrogens is 2. The van der Waals surface area contributed by atoms with Crippen LogP contribution >= 0.6 is 23.8 Å². The highest BCUT2D eigenvalue weighted by Gasteiger charge is 2.41. The molecule has 0 saturated carbocycles. The fourth-order valence-corrected chi connectivity index (χ4v) is 5.67. The van der Waals surface area contributed by atoms with Crippen molar-refractivity contribution in [1.29, 1.82) is 0 Å². The van der Waals surface area contributed by atoms with Crippen LogP contribution in [-0.4, -0.2) is 63.9 Å². The van der Waals surface area contributed by atoms with E-state index in [-0.39, 0.29) is 12.1 Å². The average Bonchev–Trinajstić information content (AvgIpc) is 3.33. The summed E-state index contributed by atoms with van der Waals surface area (Å²) in [7, 11) is 0. The molecule has 178 valence electrons. The van der Waals surface area contributed by atoms with Gasteiger partial charge in [-0.3, -0.25) is 9.88 Å². The molecule has 1 aromatic carbocycles. The molecule has 2 atom stereocenters. The van der Waals surface area contributed by atoms with Crippen LogP contribution in [0, 0.1) is 13.8 Å². The van der Waals surface area contributed by atoms with Gasteiger partial charge in [0, 0.05) is 54.5 Å². The van der Waals surface area contributed by atoms with Crippen molar-refractivity contribution in [3.05, 3.63) is 82.4 Å². The van der Waals surface area contributed by atoms with Gasteiger partial charge >= 0.3 is 0 Å². The number of morpholine rings is 1. The molecular weight excluding hydrogens is 466 g/mol. The smallest absolute Gasteiger partial charge is 0.170 e. The lowest BCUT2D eigenvalue weighted by Crippen LogP contribution is -2.42. The lowest BCUT2D eigenvalue weighted by Gasteiger charge is -2.32. The summed E-state index contributed by atoms with van der Waals surface area (Å²) in [4.78, 5) is 9.48. The van der Waals surface area contributed by atoms with Gasteiger partial charge in [-0.15, -0.1) is 0 Å². The van der Waals surface area contributed by atoms with E-state index in [1.165, 1.54) is 17.0 Å². The highest BCUT2D eigenvalue weighted by atomic mass is 35.5. The van der Waals surface area contributed by atoms with E-state index in [4.69, 9.17) is 28.6 Å². The Morgan fingerprint density at radius 3 is 2.65 bits per heavy atom. The van der Waals surface area contributed by atoms with E-state index < -0.39 is 0 Å². The minimum Gasteiger partial charge on any atom is -0.379 e. The van der Waals surface area contributed by atoms with Crippen LogP contribution in [0.2, 0.25) is 5.02 Å². The molecule has 8 heteroatoms. The molecule has 34 heavy (non-hydrogen) atoms. The Morgan fingerprint density at radius 1 is 1.09 bits per heavy atom. The third-order valence-electron chi connectivity index (χ3n) is 6.81. The minimum absolute atomic E-state index is 0.0216. The van der Waals surface area contributed by atoms with Crippen molar-refractivity contribution in [1.82, 2.24) is 24.7 Å². The Labute approximate surface area is 211 Å². The molecule has 0 radical (unpaired) electrons.